The molecule has 0 aliphatic heterocycles. The molecular formula is C15H17NO. The molecule has 0 radical (unpaired) electrons. The van der Waals surface area contributed by atoms with Gasteiger partial charge in [0.2, 0.25) is 0 Å². The molecule has 0 fully saturated rings. The van der Waals surface area contributed by atoms with E-state index >= 15 is 0 Å². The van der Waals surface area contributed by atoms with Crippen LogP contribution in [0.4, 0.5) is 5.69 Å². The summed E-state index contributed by atoms with van der Waals surface area (Å²) in [6.45, 7) is 0. The number of aryl methyl sites for hydroxylation is 2. The van der Waals surface area contributed by atoms with Gasteiger partial charge in [-0.05, 0) is 54.7 Å². The highest BCUT2D eigenvalue weighted by atomic mass is 16.3. The Morgan fingerprint density at radius 1 is 0.765 bits per heavy atom. The van der Waals surface area contributed by atoms with E-state index in [1.165, 1.54) is 11.1 Å². The number of rotatable bonds is 4. The van der Waals surface area contributed by atoms with Crippen molar-refractivity contribution in [1.29, 1.82) is 0 Å². The third-order valence-corrected chi connectivity index (χ3v) is 2.85. The van der Waals surface area contributed by atoms with Crippen LogP contribution in [0.5, 0.6) is 5.75 Å². The van der Waals surface area contributed by atoms with Gasteiger partial charge in [-0.3, -0.25) is 0 Å². The fourth-order valence-corrected chi connectivity index (χ4v) is 1.84. The van der Waals surface area contributed by atoms with Crippen LogP contribution in [-0.4, -0.2) is 5.11 Å². The van der Waals surface area contributed by atoms with Gasteiger partial charge in [-0.25, -0.2) is 0 Å². The first-order valence-electron chi connectivity index (χ1n) is 5.86. The van der Waals surface area contributed by atoms with Gasteiger partial charge < -0.3 is 10.8 Å². The van der Waals surface area contributed by atoms with Crippen LogP contribution in [0.1, 0.15) is 17.5 Å². The van der Waals surface area contributed by atoms with Crippen LogP contribution in [0.15, 0.2) is 48.5 Å². The summed E-state index contributed by atoms with van der Waals surface area (Å²) in [4.78, 5) is 0. The summed E-state index contributed by atoms with van der Waals surface area (Å²) in [5.74, 6) is 0.326. The lowest BCUT2D eigenvalue weighted by Crippen LogP contribution is -1.91. The molecule has 0 saturated carbocycles. The van der Waals surface area contributed by atoms with Crippen LogP contribution in [0.3, 0.4) is 0 Å². The lowest BCUT2D eigenvalue weighted by atomic mass is 10.0. The third-order valence-electron chi connectivity index (χ3n) is 2.85. The molecule has 2 rings (SSSR count). The second-order valence-electron chi connectivity index (χ2n) is 4.26. The Balaban J connectivity index is 1.83. The zero-order chi connectivity index (χ0) is 12.1. The molecule has 0 amide bonds. The molecule has 0 unspecified atom stereocenters. The Morgan fingerprint density at radius 3 is 1.76 bits per heavy atom. The number of nitrogen functional groups attached to an aromatic ring is 1. The van der Waals surface area contributed by atoms with Crippen LogP contribution in [-0.2, 0) is 12.8 Å². The monoisotopic (exact) mass is 227 g/mol. The molecule has 2 aromatic rings. The lowest BCUT2D eigenvalue weighted by molar-refractivity contribution is 0.475. The fraction of sp³-hybridized carbons (Fsp3) is 0.200. The predicted octanol–water partition coefficient (Wildman–Crippen LogP) is 3.15. The molecule has 0 saturated heterocycles. The second kappa shape index (κ2) is 5.39. The molecule has 3 N–H and O–H groups in total. The summed E-state index contributed by atoms with van der Waals surface area (Å²) in [6.07, 6.45) is 3.19. The van der Waals surface area contributed by atoms with Crippen molar-refractivity contribution in [1.82, 2.24) is 0 Å². The molecule has 0 spiro atoms. The number of phenols is 1. The lowest BCUT2D eigenvalue weighted by Gasteiger charge is -2.03. The van der Waals surface area contributed by atoms with Crippen molar-refractivity contribution in [3.63, 3.8) is 0 Å². The van der Waals surface area contributed by atoms with Gasteiger partial charge in [-0.15, -0.1) is 0 Å². The van der Waals surface area contributed by atoms with E-state index < -0.39 is 0 Å². The van der Waals surface area contributed by atoms with Gasteiger partial charge in [0.25, 0.3) is 0 Å². The number of hydrogen-bond acceptors (Lipinski definition) is 2. The maximum absolute atomic E-state index is 9.17. The van der Waals surface area contributed by atoms with Crippen molar-refractivity contribution in [2.24, 2.45) is 0 Å². The maximum Gasteiger partial charge on any atom is 0.115 e. The summed E-state index contributed by atoms with van der Waals surface area (Å²) in [5, 5.41) is 9.17. The second-order valence-corrected chi connectivity index (χ2v) is 4.26. The van der Waals surface area contributed by atoms with Crippen LogP contribution in [0.2, 0.25) is 0 Å². The number of nitrogens with two attached hydrogens (primary N) is 1. The molecular weight excluding hydrogens is 210 g/mol. The van der Waals surface area contributed by atoms with Gasteiger partial charge in [-0.1, -0.05) is 24.3 Å². The summed E-state index contributed by atoms with van der Waals surface area (Å²) >= 11 is 0. The van der Waals surface area contributed by atoms with Crippen molar-refractivity contribution < 1.29 is 5.11 Å². The predicted molar refractivity (Wildman–Crippen MR) is 71.0 cm³/mol. The molecule has 0 bridgehead atoms. The smallest absolute Gasteiger partial charge is 0.115 e. The molecule has 0 heterocycles. The Kier molecular flexibility index (Phi) is 3.66. The number of anilines is 1. The van der Waals surface area contributed by atoms with Crippen molar-refractivity contribution in [3.05, 3.63) is 59.7 Å². The van der Waals surface area contributed by atoms with E-state index in [2.05, 4.69) is 12.1 Å². The summed E-state index contributed by atoms with van der Waals surface area (Å²) < 4.78 is 0. The average Bonchev–Trinajstić information content (AvgIpc) is 2.34. The van der Waals surface area contributed by atoms with Gasteiger partial charge in [0, 0.05) is 5.69 Å². The molecule has 17 heavy (non-hydrogen) atoms. The van der Waals surface area contributed by atoms with Gasteiger partial charge in [0.1, 0.15) is 5.75 Å². The minimum Gasteiger partial charge on any atom is -0.508 e. The first-order valence-corrected chi connectivity index (χ1v) is 5.86. The zero-order valence-corrected chi connectivity index (χ0v) is 9.76. The largest absolute Gasteiger partial charge is 0.508 e. The zero-order valence-electron chi connectivity index (χ0n) is 9.76. The average molecular weight is 227 g/mol. The van der Waals surface area contributed by atoms with Gasteiger partial charge in [-0.2, -0.15) is 0 Å². The molecule has 0 aromatic heterocycles. The maximum atomic E-state index is 9.17. The van der Waals surface area contributed by atoms with Gasteiger partial charge in [0.15, 0.2) is 0 Å². The minimum absolute atomic E-state index is 0.326. The Labute approximate surface area is 102 Å². The van der Waals surface area contributed by atoms with E-state index in [0.29, 0.717) is 5.75 Å². The Hall–Kier alpha value is -1.96. The molecule has 88 valence electrons. The number of hydrogen-bond donors (Lipinski definition) is 2. The van der Waals surface area contributed by atoms with E-state index in [9.17, 15) is 5.11 Å². The topological polar surface area (TPSA) is 46.2 Å². The summed E-state index contributed by atoms with van der Waals surface area (Å²) in [7, 11) is 0. The van der Waals surface area contributed by atoms with E-state index in [1.54, 1.807) is 12.1 Å². The third kappa shape index (κ3) is 3.52. The number of phenolic OH excluding ortho intramolecular Hbond substituents is 1. The van der Waals surface area contributed by atoms with E-state index in [1.807, 2.05) is 24.3 Å². The van der Waals surface area contributed by atoms with E-state index in [4.69, 9.17) is 5.73 Å². The molecule has 0 aliphatic rings. The van der Waals surface area contributed by atoms with Crippen LogP contribution >= 0.6 is 0 Å². The first kappa shape index (κ1) is 11.5. The minimum atomic E-state index is 0.326. The molecule has 2 nitrogen and oxygen atoms in total. The molecule has 2 aromatic carbocycles. The van der Waals surface area contributed by atoms with Crippen LogP contribution in [0.25, 0.3) is 0 Å². The van der Waals surface area contributed by atoms with Gasteiger partial charge in [0.05, 0.1) is 0 Å². The Bertz CT molecular complexity index is 414. The summed E-state index contributed by atoms with van der Waals surface area (Å²) in [5.41, 5.74) is 9.03. The van der Waals surface area contributed by atoms with Crippen LogP contribution in [0, 0.1) is 0 Å². The highest BCUT2D eigenvalue weighted by Gasteiger charge is 1.96. The quantitative estimate of drug-likeness (QED) is 0.788. The standard InChI is InChI=1S/C15H17NO/c16-14-8-4-12(5-9-14)2-1-3-13-6-10-15(17)11-7-13/h4-11,17H,1-3,16H2. The summed E-state index contributed by atoms with van der Waals surface area (Å²) in [6, 6.07) is 15.4. The first-order chi connectivity index (χ1) is 8.24. The Morgan fingerprint density at radius 2 is 1.24 bits per heavy atom. The van der Waals surface area contributed by atoms with E-state index in [0.717, 1.165) is 24.9 Å². The van der Waals surface area contributed by atoms with Crippen molar-refractivity contribution in [2.45, 2.75) is 19.3 Å². The normalized spacial score (nSPS) is 10.4. The molecule has 0 atom stereocenters. The van der Waals surface area contributed by atoms with Crippen LogP contribution < -0.4 is 5.73 Å². The van der Waals surface area contributed by atoms with E-state index in [-0.39, 0.29) is 0 Å². The van der Waals surface area contributed by atoms with Crippen molar-refractivity contribution in [2.75, 3.05) is 5.73 Å². The highest BCUT2D eigenvalue weighted by molar-refractivity contribution is 5.39. The van der Waals surface area contributed by atoms with Crippen molar-refractivity contribution in [3.8, 4) is 5.75 Å². The molecule has 0 aliphatic carbocycles. The molecule has 2 heteroatoms. The number of aromatic hydroxyl groups is 1. The number of benzene rings is 2. The SMILES string of the molecule is Nc1ccc(CCCc2ccc(O)cc2)cc1. The van der Waals surface area contributed by atoms with Crippen molar-refractivity contribution >= 4 is 5.69 Å². The van der Waals surface area contributed by atoms with Gasteiger partial charge >= 0.3 is 0 Å². The highest BCUT2D eigenvalue weighted by Crippen LogP contribution is 2.13. The fourth-order valence-electron chi connectivity index (χ4n) is 1.84.